The van der Waals surface area contributed by atoms with Crippen LogP contribution >= 0.6 is 0 Å². The first kappa shape index (κ1) is 15.9. The second-order valence-corrected chi connectivity index (χ2v) is 6.12. The van der Waals surface area contributed by atoms with Crippen LogP contribution in [0.1, 0.15) is 41.7 Å². The molecule has 0 spiro atoms. The molecule has 7 heteroatoms. The third-order valence-corrected chi connectivity index (χ3v) is 4.49. The van der Waals surface area contributed by atoms with Gasteiger partial charge in [0.1, 0.15) is 6.33 Å². The molecule has 1 aromatic heterocycles. The van der Waals surface area contributed by atoms with Crippen LogP contribution in [0.15, 0.2) is 12.5 Å². The Labute approximate surface area is 135 Å². The SMILES string of the molecule is Cc1ncncc1C(=O)N1CCO[C@H](C(=O)NC2CCCC2)C1. The Kier molecular flexibility index (Phi) is 4.85. The van der Waals surface area contributed by atoms with Gasteiger partial charge in [0.2, 0.25) is 0 Å². The Hall–Kier alpha value is -2.02. The van der Waals surface area contributed by atoms with Crippen LogP contribution in [-0.2, 0) is 9.53 Å². The summed E-state index contributed by atoms with van der Waals surface area (Å²) in [5, 5.41) is 3.03. The number of amides is 2. The van der Waals surface area contributed by atoms with Crippen LogP contribution in [0.5, 0.6) is 0 Å². The molecule has 1 N–H and O–H groups in total. The predicted octanol–water partition coefficient (Wildman–Crippen LogP) is 0.685. The zero-order valence-corrected chi connectivity index (χ0v) is 13.3. The van der Waals surface area contributed by atoms with Crippen molar-refractivity contribution in [2.45, 2.75) is 44.8 Å². The van der Waals surface area contributed by atoms with Crippen LogP contribution in [0.3, 0.4) is 0 Å². The first-order chi connectivity index (χ1) is 11.1. The number of hydrogen-bond acceptors (Lipinski definition) is 5. The molecular weight excluding hydrogens is 296 g/mol. The number of morpholine rings is 1. The molecule has 0 aromatic carbocycles. The van der Waals surface area contributed by atoms with Crippen molar-refractivity contribution in [3.8, 4) is 0 Å². The van der Waals surface area contributed by atoms with Crippen molar-refractivity contribution in [3.05, 3.63) is 23.8 Å². The van der Waals surface area contributed by atoms with Crippen LogP contribution in [-0.4, -0.2) is 58.5 Å². The van der Waals surface area contributed by atoms with Gasteiger partial charge in [-0.2, -0.15) is 0 Å². The van der Waals surface area contributed by atoms with E-state index in [0.29, 0.717) is 24.4 Å². The molecule has 2 fully saturated rings. The summed E-state index contributed by atoms with van der Waals surface area (Å²) in [6, 6.07) is 0.252. The monoisotopic (exact) mass is 318 g/mol. The molecule has 124 valence electrons. The van der Waals surface area contributed by atoms with Crippen molar-refractivity contribution < 1.29 is 14.3 Å². The van der Waals surface area contributed by atoms with Crippen LogP contribution in [0, 0.1) is 6.92 Å². The van der Waals surface area contributed by atoms with Crippen molar-refractivity contribution in [3.63, 3.8) is 0 Å². The van der Waals surface area contributed by atoms with E-state index in [1.807, 2.05) is 0 Å². The molecule has 2 aliphatic rings. The molecule has 1 aliphatic heterocycles. The molecule has 0 unspecified atom stereocenters. The lowest BCUT2D eigenvalue weighted by molar-refractivity contribution is -0.137. The van der Waals surface area contributed by atoms with Gasteiger partial charge in [0, 0.05) is 18.8 Å². The third kappa shape index (κ3) is 3.67. The van der Waals surface area contributed by atoms with Crippen molar-refractivity contribution in [1.29, 1.82) is 0 Å². The maximum Gasteiger partial charge on any atom is 0.257 e. The number of ether oxygens (including phenoxy) is 1. The average molecular weight is 318 g/mol. The lowest BCUT2D eigenvalue weighted by Gasteiger charge is -2.32. The van der Waals surface area contributed by atoms with Crippen molar-refractivity contribution in [2.24, 2.45) is 0 Å². The summed E-state index contributed by atoms with van der Waals surface area (Å²) in [7, 11) is 0. The number of hydrogen-bond donors (Lipinski definition) is 1. The Morgan fingerprint density at radius 3 is 2.87 bits per heavy atom. The molecule has 1 atom stereocenters. The molecule has 0 bridgehead atoms. The Morgan fingerprint density at radius 2 is 2.13 bits per heavy atom. The molecule has 2 heterocycles. The highest BCUT2D eigenvalue weighted by atomic mass is 16.5. The minimum Gasteiger partial charge on any atom is -0.365 e. The van der Waals surface area contributed by atoms with Gasteiger partial charge >= 0.3 is 0 Å². The van der Waals surface area contributed by atoms with Gasteiger partial charge < -0.3 is 15.0 Å². The lowest BCUT2D eigenvalue weighted by atomic mass is 10.1. The van der Waals surface area contributed by atoms with E-state index in [0.717, 1.165) is 25.7 Å². The summed E-state index contributed by atoms with van der Waals surface area (Å²) < 4.78 is 5.56. The Balaban J connectivity index is 1.62. The summed E-state index contributed by atoms with van der Waals surface area (Å²) in [5.41, 5.74) is 1.12. The van der Waals surface area contributed by atoms with Gasteiger partial charge in [-0.25, -0.2) is 9.97 Å². The van der Waals surface area contributed by atoms with Crippen molar-refractivity contribution >= 4 is 11.8 Å². The van der Waals surface area contributed by atoms with Gasteiger partial charge in [-0.15, -0.1) is 0 Å². The number of aromatic nitrogens is 2. The molecule has 1 aliphatic carbocycles. The highest BCUT2D eigenvalue weighted by Crippen LogP contribution is 2.18. The molecule has 23 heavy (non-hydrogen) atoms. The van der Waals surface area contributed by atoms with Gasteiger partial charge in [-0.05, 0) is 19.8 Å². The molecule has 2 amide bonds. The van der Waals surface area contributed by atoms with Crippen molar-refractivity contribution in [1.82, 2.24) is 20.2 Å². The van der Waals surface area contributed by atoms with E-state index in [-0.39, 0.29) is 24.4 Å². The van der Waals surface area contributed by atoms with Gasteiger partial charge in [-0.3, -0.25) is 9.59 Å². The molecule has 7 nitrogen and oxygen atoms in total. The van der Waals surface area contributed by atoms with Gasteiger partial charge in [0.05, 0.1) is 24.4 Å². The quantitative estimate of drug-likeness (QED) is 0.886. The fraction of sp³-hybridized carbons (Fsp3) is 0.625. The molecule has 1 aromatic rings. The average Bonchev–Trinajstić information content (AvgIpc) is 3.08. The van der Waals surface area contributed by atoms with E-state index in [1.165, 1.54) is 12.5 Å². The largest absolute Gasteiger partial charge is 0.365 e. The molecular formula is C16H22N4O3. The lowest BCUT2D eigenvalue weighted by Crippen LogP contribution is -2.53. The third-order valence-electron chi connectivity index (χ3n) is 4.49. The fourth-order valence-corrected chi connectivity index (χ4v) is 3.13. The molecule has 1 saturated heterocycles. The molecule has 3 rings (SSSR count). The summed E-state index contributed by atoms with van der Waals surface area (Å²) in [6.45, 7) is 2.88. The second kappa shape index (κ2) is 7.04. The highest BCUT2D eigenvalue weighted by Gasteiger charge is 2.31. The summed E-state index contributed by atoms with van der Waals surface area (Å²) in [4.78, 5) is 34.5. The number of carbonyl (C=O) groups is 2. The number of aryl methyl sites for hydroxylation is 1. The van der Waals surface area contributed by atoms with E-state index in [2.05, 4.69) is 15.3 Å². The van der Waals surface area contributed by atoms with Crippen LogP contribution in [0.25, 0.3) is 0 Å². The van der Waals surface area contributed by atoms with Crippen LogP contribution in [0.4, 0.5) is 0 Å². The Bertz CT molecular complexity index is 586. The zero-order valence-electron chi connectivity index (χ0n) is 13.3. The van der Waals surface area contributed by atoms with Crippen molar-refractivity contribution in [2.75, 3.05) is 19.7 Å². The summed E-state index contributed by atoms with van der Waals surface area (Å²) in [6.07, 6.45) is 6.72. The van der Waals surface area contributed by atoms with E-state index in [9.17, 15) is 9.59 Å². The minimum atomic E-state index is -0.599. The number of nitrogens with zero attached hydrogens (tertiary/aromatic N) is 3. The van der Waals surface area contributed by atoms with Gasteiger partial charge in [0.15, 0.2) is 6.10 Å². The van der Waals surface area contributed by atoms with Crippen LogP contribution < -0.4 is 5.32 Å². The maximum absolute atomic E-state index is 12.6. The van der Waals surface area contributed by atoms with E-state index in [4.69, 9.17) is 4.74 Å². The van der Waals surface area contributed by atoms with Gasteiger partial charge in [0.25, 0.3) is 11.8 Å². The topological polar surface area (TPSA) is 84.4 Å². The van der Waals surface area contributed by atoms with Gasteiger partial charge in [-0.1, -0.05) is 12.8 Å². The number of nitrogens with one attached hydrogen (secondary N) is 1. The number of carbonyl (C=O) groups excluding carboxylic acids is 2. The second-order valence-electron chi connectivity index (χ2n) is 6.12. The Morgan fingerprint density at radius 1 is 1.35 bits per heavy atom. The number of rotatable bonds is 3. The highest BCUT2D eigenvalue weighted by molar-refractivity contribution is 5.95. The normalized spacial score (nSPS) is 22.1. The van der Waals surface area contributed by atoms with E-state index < -0.39 is 6.10 Å². The zero-order chi connectivity index (χ0) is 16.2. The maximum atomic E-state index is 12.6. The molecule has 1 saturated carbocycles. The minimum absolute atomic E-state index is 0.115. The fourth-order valence-electron chi connectivity index (χ4n) is 3.13. The predicted molar refractivity (Wildman–Crippen MR) is 82.8 cm³/mol. The first-order valence-corrected chi connectivity index (χ1v) is 8.13. The standard InChI is InChI=1S/C16H22N4O3/c1-11-13(8-17-10-18-11)16(22)20-6-7-23-14(9-20)15(21)19-12-4-2-3-5-12/h8,10,12,14H,2-7,9H2,1H3,(H,19,21)/t14-/m0/s1. The summed E-state index contributed by atoms with van der Waals surface area (Å²) in [5.74, 6) is -0.263. The van der Waals surface area contributed by atoms with Crippen LogP contribution in [0.2, 0.25) is 0 Å². The van der Waals surface area contributed by atoms with E-state index >= 15 is 0 Å². The molecule has 0 radical (unpaired) electrons. The van der Waals surface area contributed by atoms with E-state index in [1.54, 1.807) is 11.8 Å². The first-order valence-electron chi connectivity index (χ1n) is 8.13. The smallest absolute Gasteiger partial charge is 0.257 e. The summed E-state index contributed by atoms with van der Waals surface area (Å²) >= 11 is 0.